The molecule has 0 aromatic rings. The van der Waals surface area contributed by atoms with Crippen LogP contribution in [0.2, 0.25) is 0 Å². The van der Waals surface area contributed by atoms with Gasteiger partial charge in [0, 0.05) is 5.41 Å². The highest BCUT2D eigenvalue weighted by atomic mass is 16.2. The first-order valence-corrected chi connectivity index (χ1v) is 4.56. The van der Waals surface area contributed by atoms with Gasteiger partial charge in [0.2, 0.25) is 5.91 Å². The van der Waals surface area contributed by atoms with Crippen molar-refractivity contribution in [2.24, 2.45) is 5.41 Å². The highest BCUT2D eigenvalue weighted by Gasteiger charge is 2.28. The standard InChI is InChI=1S/C11H21NO/c1-8(2)11(6,7)12-9(13)10(3,4)5/h1H2,2-7H3,(H,12,13). The molecule has 0 rings (SSSR count). The average molecular weight is 183 g/mol. The fourth-order valence-electron chi connectivity index (χ4n) is 0.578. The van der Waals surface area contributed by atoms with E-state index in [-0.39, 0.29) is 16.9 Å². The van der Waals surface area contributed by atoms with Crippen molar-refractivity contribution in [3.8, 4) is 0 Å². The Morgan fingerprint density at radius 3 is 1.77 bits per heavy atom. The maximum absolute atomic E-state index is 11.6. The van der Waals surface area contributed by atoms with E-state index in [1.807, 2.05) is 41.5 Å². The molecule has 13 heavy (non-hydrogen) atoms. The minimum absolute atomic E-state index is 0.0560. The third-order valence-electron chi connectivity index (χ3n) is 2.17. The molecule has 0 heterocycles. The molecule has 0 unspecified atom stereocenters. The highest BCUT2D eigenvalue weighted by molar-refractivity contribution is 5.82. The van der Waals surface area contributed by atoms with Crippen molar-refractivity contribution < 1.29 is 4.79 Å². The van der Waals surface area contributed by atoms with E-state index in [1.54, 1.807) is 0 Å². The lowest BCUT2D eigenvalue weighted by atomic mass is 9.91. The largest absolute Gasteiger partial charge is 0.347 e. The molecule has 1 N–H and O–H groups in total. The van der Waals surface area contributed by atoms with Crippen LogP contribution in [0.1, 0.15) is 41.5 Å². The lowest BCUT2D eigenvalue weighted by Crippen LogP contribution is -2.48. The molecule has 0 spiro atoms. The smallest absolute Gasteiger partial charge is 0.226 e. The lowest BCUT2D eigenvalue weighted by Gasteiger charge is -2.30. The van der Waals surface area contributed by atoms with Gasteiger partial charge in [-0.2, -0.15) is 0 Å². The predicted molar refractivity (Wildman–Crippen MR) is 56.5 cm³/mol. The molecule has 0 aromatic carbocycles. The van der Waals surface area contributed by atoms with Crippen molar-refractivity contribution in [2.75, 3.05) is 0 Å². The van der Waals surface area contributed by atoms with Crippen LogP contribution in [0.3, 0.4) is 0 Å². The van der Waals surface area contributed by atoms with E-state index in [4.69, 9.17) is 0 Å². The minimum Gasteiger partial charge on any atom is -0.347 e. The third-order valence-corrected chi connectivity index (χ3v) is 2.17. The van der Waals surface area contributed by atoms with Gasteiger partial charge in [-0.15, -0.1) is 0 Å². The summed E-state index contributed by atoms with van der Waals surface area (Å²) in [5.41, 5.74) is 0.307. The SMILES string of the molecule is C=C(C)C(C)(C)NC(=O)C(C)(C)C. The third kappa shape index (κ3) is 3.62. The van der Waals surface area contributed by atoms with Gasteiger partial charge in [0.05, 0.1) is 5.54 Å². The molecule has 0 aromatic heterocycles. The lowest BCUT2D eigenvalue weighted by molar-refractivity contribution is -0.129. The molecule has 0 saturated carbocycles. The topological polar surface area (TPSA) is 29.1 Å². The van der Waals surface area contributed by atoms with Crippen LogP contribution in [-0.2, 0) is 4.79 Å². The molecule has 0 aliphatic rings. The fourth-order valence-corrected chi connectivity index (χ4v) is 0.578. The Morgan fingerprint density at radius 2 is 1.54 bits per heavy atom. The maximum Gasteiger partial charge on any atom is 0.226 e. The molecule has 0 saturated heterocycles. The molecule has 0 bridgehead atoms. The van der Waals surface area contributed by atoms with Crippen molar-refractivity contribution in [3.63, 3.8) is 0 Å². The van der Waals surface area contributed by atoms with E-state index in [0.29, 0.717) is 0 Å². The first-order valence-electron chi connectivity index (χ1n) is 4.56. The first-order chi connectivity index (χ1) is 5.57. The number of hydrogen-bond donors (Lipinski definition) is 1. The summed E-state index contributed by atoms with van der Waals surface area (Å²) >= 11 is 0. The summed E-state index contributed by atoms with van der Waals surface area (Å²) in [5.74, 6) is 0.0560. The second-order valence-electron chi connectivity index (χ2n) is 5.11. The molecule has 2 heteroatoms. The van der Waals surface area contributed by atoms with Crippen LogP contribution in [0.25, 0.3) is 0 Å². The molecule has 76 valence electrons. The molecule has 0 atom stereocenters. The summed E-state index contributed by atoms with van der Waals surface area (Å²) in [6.07, 6.45) is 0. The normalized spacial score (nSPS) is 12.5. The van der Waals surface area contributed by atoms with Crippen LogP contribution in [0, 0.1) is 5.41 Å². The summed E-state index contributed by atoms with van der Waals surface area (Å²) in [6, 6.07) is 0. The Kier molecular flexibility index (Phi) is 3.31. The Hall–Kier alpha value is -0.790. The fraction of sp³-hybridized carbons (Fsp3) is 0.727. The highest BCUT2D eigenvalue weighted by Crippen LogP contribution is 2.18. The van der Waals surface area contributed by atoms with Crippen LogP contribution in [0.15, 0.2) is 12.2 Å². The molecule has 0 radical (unpaired) electrons. The quantitative estimate of drug-likeness (QED) is 0.655. The van der Waals surface area contributed by atoms with Gasteiger partial charge >= 0.3 is 0 Å². The van der Waals surface area contributed by atoms with Crippen molar-refractivity contribution in [1.82, 2.24) is 5.32 Å². The molecular weight excluding hydrogens is 162 g/mol. The van der Waals surface area contributed by atoms with Gasteiger partial charge in [-0.25, -0.2) is 0 Å². The zero-order valence-electron chi connectivity index (χ0n) is 9.62. The van der Waals surface area contributed by atoms with Gasteiger partial charge in [0.15, 0.2) is 0 Å². The predicted octanol–water partition coefficient (Wildman–Crippen LogP) is 2.50. The van der Waals surface area contributed by atoms with Gasteiger partial charge in [-0.3, -0.25) is 4.79 Å². The maximum atomic E-state index is 11.6. The second-order valence-corrected chi connectivity index (χ2v) is 5.11. The Labute approximate surface area is 81.4 Å². The van der Waals surface area contributed by atoms with E-state index >= 15 is 0 Å². The van der Waals surface area contributed by atoms with E-state index in [2.05, 4.69) is 11.9 Å². The van der Waals surface area contributed by atoms with Gasteiger partial charge < -0.3 is 5.32 Å². The van der Waals surface area contributed by atoms with Gasteiger partial charge in [0.1, 0.15) is 0 Å². The zero-order chi connectivity index (χ0) is 10.9. The van der Waals surface area contributed by atoms with Crippen LogP contribution in [0.5, 0.6) is 0 Å². The monoisotopic (exact) mass is 183 g/mol. The summed E-state index contributed by atoms with van der Waals surface area (Å²) in [7, 11) is 0. The van der Waals surface area contributed by atoms with E-state index in [0.717, 1.165) is 5.57 Å². The van der Waals surface area contributed by atoms with Crippen molar-refractivity contribution >= 4 is 5.91 Å². The number of amides is 1. The van der Waals surface area contributed by atoms with Gasteiger partial charge in [0.25, 0.3) is 0 Å². The van der Waals surface area contributed by atoms with Crippen molar-refractivity contribution in [3.05, 3.63) is 12.2 Å². The number of carbonyl (C=O) groups is 1. The molecule has 2 nitrogen and oxygen atoms in total. The number of rotatable bonds is 2. The second kappa shape index (κ2) is 3.52. The summed E-state index contributed by atoms with van der Waals surface area (Å²) in [4.78, 5) is 11.6. The number of hydrogen-bond acceptors (Lipinski definition) is 1. The molecule has 0 fully saturated rings. The zero-order valence-corrected chi connectivity index (χ0v) is 9.62. The summed E-state index contributed by atoms with van der Waals surface area (Å²) in [5, 5.41) is 2.96. The number of carbonyl (C=O) groups excluding carboxylic acids is 1. The Balaban J connectivity index is 4.47. The van der Waals surface area contributed by atoms with Crippen molar-refractivity contribution in [1.29, 1.82) is 0 Å². The average Bonchev–Trinajstić information content (AvgIpc) is 1.83. The van der Waals surface area contributed by atoms with E-state index in [1.165, 1.54) is 0 Å². The number of nitrogens with one attached hydrogen (secondary N) is 1. The van der Waals surface area contributed by atoms with Crippen LogP contribution in [-0.4, -0.2) is 11.4 Å². The molecule has 0 aliphatic carbocycles. The minimum atomic E-state index is -0.341. The molecule has 1 amide bonds. The Morgan fingerprint density at radius 1 is 1.15 bits per heavy atom. The van der Waals surface area contributed by atoms with Gasteiger partial charge in [-0.05, 0) is 20.8 Å². The Bertz CT molecular complexity index is 221. The first kappa shape index (κ1) is 12.2. The van der Waals surface area contributed by atoms with E-state index < -0.39 is 0 Å². The van der Waals surface area contributed by atoms with Crippen LogP contribution >= 0.6 is 0 Å². The summed E-state index contributed by atoms with van der Waals surface area (Å²) in [6.45, 7) is 15.4. The van der Waals surface area contributed by atoms with Gasteiger partial charge in [-0.1, -0.05) is 32.9 Å². The van der Waals surface area contributed by atoms with Crippen LogP contribution in [0.4, 0.5) is 0 Å². The van der Waals surface area contributed by atoms with E-state index in [9.17, 15) is 4.79 Å². The van der Waals surface area contributed by atoms with Crippen molar-refractivity contribution in [2.45, 2.75) is 47.1 Å². The summed E-state index contributed by atoms with van der Waals surface area (Å²) < 4.78 is 0. The molecular formula is C11H21NO. The molecule has 0 aliphatic heterocycles. The van der Waals surface area contributed by atoms with Crippen LogP contribution < -0.4 is 5.32 Å².